The number of carboxylic acid groups (broad SMARTS) is 1. The molecule has 0 bridgehead atoms. The number of carbonyl (C=O) groups excluding carboxylic acids is 2. The number of nitrogens with zero attached hydrogens (tertiary/aromatic N) is 2. The lowest BCUT2D eigenvalue weighted by Crippen LogP contribution is -2.35. The molecule has 1 N–H and O–H groups in total. The van der Waals surface area contributed by atoms with Crippen LogP contribution < -0.4 is 0 Å². The molecular weight excluding hydrogens is 328 g/mol. The van der Waals surface area contributed by atoms with Gasteiger partial charge >= 0.3 is 5.97 Å². The van der Waals surface area contributed by atoms with Crippen LogP contribution in [0.4, 0.5) is 5.69 Å². The van der Waals surface area contributed by atoms with Crippen molar-refractivity contribution in [2.24, 2.45) is 4.99 Å². The summed E-state index contributed by atoms with van der Waals surface area (Å²) in [5.74, 6) is -1.63. The van der Waals surface area contributed by atoms with Gasteiger partial charge in [0.05, 0.1) is 17.0 Å². The Morgan fingerprint density at radius 2 is 1.67 bits per heavy atom. The smallest absolute Gasteiger partial charge is 0.335 e. The first-order valence-corrected chi connectivity index (χ1v) is 8.02. The summed E-state index contributed by atoms with van der Waals surface area (Å²) in [6.45, 7) is 0. The van der Waals surface area contributed by atoms with Crippen LogP contribution in [0.1, 0.15) is 20.7 Å². The van der Waals surface area contributed by atoms with Gasteiger partial charge in [0.15, 0.2) is 5.17 Å². The van der Waals surface area contributed by atoms with Crippen molar-refractivity contribution < 1.29 is 19.5 Å². The molecule has 1 aliphatic heterocycles. The molecule has 2 aromatic rings. The lowest BCUT2D eigenvalue weighted by Gasteiger charge is -2.14. The Morgan fingerprint density at radius 3 is 2.29 bits per heavy atom. The number of amides is 2. The fourth-order valence-electron chi connectivity index (χ4n) is 2.14. The van der Waals surface area contributed by atoms with Crippen molar-refractivity contribution in [2.75, 3.05) is 5.75 Å². The third-order valence-corrected chi connectivity index (χ3v) is 4.25. The first-order valence-electron chi connectivity index (χ1n) is 7.03. The predicted molar refractivity (Wildman–Crippen MR) is 90.6 cm³/mol. The minimum absolute atomic E-state index is 0.143. The molecule has 1 saturated heterocycles. The van der Waals surface area contributed by atoms with Crippen LogP contribution in [0, 0.1) is 0 Å². The Labute approximate surface area is 141 Å². The molecule has 120 valence electrons. The number of hydrogen-bond acceptors (Lipinski definition) is 5. The fourth-order valence-corrected chi connectivity index (χ4v) is 3.01. The lowest BCUT2D eigenvalue weighted by atomic mass is 10.2. The Kier molecular flexibility index (Phi) is 4.43. The van der Waals surface area contributed by atoms with Gasteiger partial charge in [0, 0.05) is 5.56 Å². The summed E-state index contributed by atoms with van der Waals surface area (Å²) in [6.07, 6.45) is 0. The number of hydrogen-bond donors (Lipinski definition) is 1. The van der Waals surface area contributed by atoms with E-state index in [0.717, 1.165) is 4.90 Å². The molecule has 1 heterocycles. The molecule has 2 aromatic carbocycles. The molecule has 3 rings (SSSR count). The van der Waals surface area contributed by atoms with Crippen molar-refractivity contribution in [3.63, 3.8) is 0 Å². The quantitative estimate of drug-likeness (QED) is 0.868. The van der Waals surface area contributed by atoms with Gasteiger partial charge in [-0.2, -0.15) is 0 Å². The molecule has 6 nitrogen and oxygen atoms in total. The van der Waals surface area contributed by atoms with Crippen molar-refractivity contribution in [3.8, 4) is 0 Å². The molecule has 0 aliphatic carbocycles. The topological polar surface area (TPSA) is 87.0 Å². The van der Waals surface area contributed by atoms with E-state index >= 15 is 0 Å². The van der Waals surface area contributed by atoms with Gasteiger partial charge in [0.2, 0.25) is 5.91 Å². The Morgan fingerprint density at radius 1 is 1.00 bits per heavy atom. The van der Waals surface area contributed by atoms with Crippen molar-refractivity contribution in [3.05, 3.63) is 65.7 Å². The molecule has 0 saturated carbocycles. The molecule has 0 atom stereocenters. The first kappa shape index (κ1) is 15.9. The highest BCUT2D eigenvalue weighted by atomic mass is 32.2. The van der Waals surface area contributed by atoms with Gasteiger partial charge in [0.1, 0.15) is 0 Å². The largest absolute Gasteiger partial charge is 0.478 e. The van der Waals surface area contributed by atoms with Crippen LogP contribution >= 0.6 is 11.8 Å². The highest BCUT2D eigenvalue weighted by Gasteiger charge is 2.34. The van der Waals surface area contributed by atoms with E-state index in [2.05, 4.69) is 4.99 Å². The molecule has 0 unspecified atom stereocenters. The number of aliphatic imine (C=N–C) groups is 1. The van der Waals surface area contributed by atoms with Gasteiger partial charge < -0.3 is 5.11 Å². The van der Waals surface area contributed by atoms with Gasteiger partial charge in [-0.25, -0.2) is 14.7 Å². The number of carbonyl (C=O) groups is 3. The van der Waals surface area contributed by atoms with Crippen LogP contribution in [0.3, 0.4) is 0 Å². The third kappa shape index (κ3) is 3.21. The predicted octanol–water partition coefficient (Wildman–Crippen LogP) is 2.79. The highest BCUT2D eigenvalue weighted by Crippen LogP contribution is 2.25. The number of benzene rings is 2. The average molecular weight is 340 g/mol. The fraction of sp³-hybridized carbons (Fsp3) is 0.0588. The van der Waals surface area contributed by atoms with Gasteiger partial charge in [0.25, 0.3) is 5.91 Å². The summed E-state index contributed by atoms with van der Waals surface area (Å²) in [7, 11) is 0. The zero-order chi connectivity index (χ0) is 17.1. The molecule has 24 heavy (non-hydrogen) atoms. The number of aromatic carboxylic acids is 1. The van der Waals surface area contributed by atoms with Crippen LogP contribution in [0.2, 0.25) is 0 Å². The van der Waals surface area contributed by atoms with Crippen LogP contribution in [-0.4, -0.2) is 38.7 Å². The summed E-state index contributed by atoms with van der Waals surface area (Å²) in [4.78, 5) is 40.8. The van der Waals surface area contributed by atoms with E-state index in [0.29, 0.717) is 11.3 Å². The maximum atomic E-state index is 12.5. The van der Waals surface area contributed by atoms with E-state index in [1.807, 2.05) is 0 Å². The minimum Gasteiger partial charge on any atom is -0.478 e. The van der Waals surface area contributed by atoms with Gasteiger partial charge in [-0.1, -0.05) is 30.0 Å². The Balaban J connectivity index is 1.90. The van der Waals surface area contributed by atoms with Crippen molar-refractivity contribution in [2.45, 2.75) is 0 Å². The number of rotatable bonds is 3. The summed E-state index contributed by atoms with van der Waals surface area (Å²) in [6, 6.07) is 14.4. The number of carboxylic acids is 1. The van der Waals surface area contributed by atoms with E-state index < -0.39 is 11.9 Å². The van der Waals surface area contributed by atoms with E-state index in [4.69, 9.17) is 5.11 Å². The second kappa shape index (κ2) is 6.67. The molecule has 0 radical (unpaired) electrons. The Hall–Kier alpha value is -2.93. The van der Waals surface area contributed by atoms with Gasteiger partial charge in [-0.3, -0.25) is 9.59 Å². The maximum Gasteiger partial charge on any atom is 0.335 e. The minimum atomic E-state index is -1.03. The number of amidine groups is 1. The molecule has 1 aliphatic rings. The van der Waals surface area contributed by atoms with E-state index in [1.54, 1.807) is 30.3 Å². The number of imide groups is 1. The molecular formula is C17H12N2O4S. The first-order chi connectivity index (χ1) is 11.6. The number of thioether (sulfide) groups is 1. The normalized spacial score (nSPS) is 15.8. The average Bonchev–Trinajstić information content (AvgIpc) is 2.96. The van der Waals surface area contributed by atoms with Gasteiger partial charge in [-0.05, 0) is 36.4 Å². The van der Waals surface area contributed by atoms with Crippen molar-refractivity contribution >= 4 is 40.4 Å². The molecule has 2 amide bonds. The third-order valence-electron chi connectivity index (χ3n) is 3.33. The second-order valence-corrected chi connectivity index (χ2v) is 5.88. The van der Waals surface area contributed by atoms with Crippen LogP contribution in [0.5, 0.6) is 0 Å². The highest BCUT2D eigenvalue weighted by molar-refractivity contribution is 8.15. The van der Waals surface area contributed by atoms with Crippen LogP contribution in [0.15, 0.2) is 59.6 Å². The van der Waals surface area contributed by atoms with E-state index in [9.17, 15) is 14.4 Å². The summed E-state index contributed by atoms with van der Waals surface area (Å²) in [5, 5.41) is 9.19. The van der Waals surface area contributed by atoms with Crippen LogP contribution in [0.25, 0.3) is 0 Å². The van der Waals surface area contributed by atoms with Crippen LogP contribution in [-0.2, 0) is 4.79 Å². The summed E-state index contributed by atoms with van der Waals surface area (Å²) in [5.41, 5.74) is 1.02. The van der Waals surface area contributed by atoms with E-state index in [-0.39, 0.29) is 22.4 Å². The van der Waals surface area contributed by atoms with Gasteiger partial charge in [-0.15, -0.1) is 0 Å². The second-order valence-electron chi connectivity index (χ2n) is 4.94. The summed E-state index contributed by atoms with van der Waals surface area (Å²) < 4.78 is 0. The summed E-state index contributed by atoms with van der Waals surface area (Å²) >= 11 is 1.18. The molecule has 1 fully saturated rings. The van der Waals surface area contributed by atoms with E-state index in [1.165, 1.54) is 36.0 Å². The standard InChI is InChI=1S/C17H12N2O4S/c20-14-10-24-17(18-13-8-6-12(7-9-13)16(22)23)19(14)15(21)11-4-2-1-3-5-11/h1-9H,10H2,(H,22,23). The Bertz CT molecular complexity index is 831. The molecule has 7 heteroatoms. The zero-order valence-corrected chi connectivity index (χ0v) is 13.2. The maximum absolute atomic E-state index is 12.5. The van der Waals surface area contributed by atoms with Crippen molar-refractivity contribution in [1.29, 1.82) is 0 Å². The zero-order valence-electron chi connectivity index (χ0n) is 12.4. The SMILES string of the molecule is O=C(O)c1ccc(N=C2SCC(=O)N2C(=O)c2ccccc2)cc1. The lowest BCUT2D eigenvalue weighted by molar-refractivity contribution is -0.122. The molecule has 0 aromatic heterocycles. The monoisotopic (exact) mass is 340 g/mol. The van der Waals surface area contributed by atoms with Crippen molar-refractivity contribution in [1.82, 2.24) is 4.90 Å². The molecule has 0 spiro atoms.